The number of ether oxygens (including phenoxy) is 3. The van der Waals surface area contributed by atoms with Gasteiger partial charge in [-0.1, -0.05) is 54.6 Å². The highest BCUT2D eigenvalue weighted by atomic mass is 16.5. The van der Waals surface area contributed by atoms with Crippen LogP contribution in [-0.4, -0.2) is 32.0 Å². The van der Waals surface area contributed by atoms with Gasteiger partial charge in [-0.25, -0.2) is 0 Å². The average Bonchev–Trinajstić information content (AvgIpc) is 2.75. The minimum atomic E-state index is -0.878. The number of aliphatic hydroxyl groups is 1. The van der Waals surface area contributed by atoms with E-state index in [2.05, 4.69) is 0 Å². The molecule has 0 saturated heterocycles. The number of aliphatic hydroxyl groups excluding tert-OH is 1. The molecule has 0 amide bonds. The van der Waals surface area contributed by atoms with Crippen molar-refractivity contribution in [2.45, 2.75) is 18.6 Å². The molecule has 0 saturated carbocycles. The van der Waals surface area contributed by atoms with E-state index in [-0.39, 0.29) is 6.61 Å². The summed E-state index contributed by atoms with van der Waals surface area (Å²) in [5.74, 6) is 1.55. The van der Waals surface area contributed by atoms with Crippen LogP contribution in [0.15, 0.2) is 78.9 Å². The Morgan fingerprint density at radius 2 is 1.14 bits per heavy atom. The molecule has 4 nitrogen and oxygen atoms in total. The van der Waals surface area contributed by atoms with Crippen LogP contribution < -0.4 is 9.47 Å². The van der Waals surface area contributed by atoms with E-state index in [1.54, 1.807) is 21.1 Å². The van der Waals surface area contributed by atoms with Gasteiger partial charge in [0, 0.05) is 0 Å². The fraction of sp³-hybridized carbons (Fsp3) is 0.250. The Balaban J connectivity index is 2.23. The zero-order valence-electron chi connectivity index (χ0n) is 16.5. The van der Waals surface area contributed by atoms with Crippen molar-refractivity contribution >= 4 is 0 Å². The molecule has 3 aromatic carbocycles. The van der Waals surface area contributed by atoms with Crippen LogP contribution in [0.2, 0.25) is 0 Å². The van der Waals surface area contributed by atoms with Crippen molar-refractivity contribution in [1.82, 2.24) is 0 Å². The number of rotatable bonds is 8. The number of methoxy groups -OCH3 is 2. The Labute approximate surface area is 166 Å². The van der Waals surface area contributed by atoms with Gasteiger partial charge in [0.05, 0.1) is 26.9 Å². The van der Waals surface area contributed by atoms with E-state index in [0.29, 0.717) is 0 Å². The van der Waals surface area contributed by atoms with Gasteiger partial charge in [-0.3, -0.25) is 0 Å². The first-order valence-electron chi connectivity index (χ1n) is 9.26. The van der Waals surface area contributed by atoms with E-state index >= 15 is 0 Å². The third kappa shape index (κ3) is 4.03. The van der Waals surface area contributed by atoms with Crippen molar-refractivity contribution in [2.75, 3.05) is 20.8 Å². The minimum absolute atomic E-state index is 0.187. The Morgan fingerprint density at radius 3 is 1.54 bits per heavy atom. The summed E-state index contributed by atoms with van der Waals surface area (Å²) in [7, 11) is 3.29. The highest BCUT2D eigenvalue weighted by Crippen LogP contribution is 2.41. The number of benzene rings is 3. The highest BCUT2D eigenvalue weighted by Gasteiger charge is 2.38. The monoisotopic (exact) mass is 378 g/mol. The van der Waals surface area contributed by atoms with Gasteiger partial charge in [0.2, 0.25) is 0 Å². The summed E-state index contributed by atoms with van der Waals surface area (Å²) in [5.41, 5.74) is 2.00. The van der Waals surface area contributed by atoms with Crippen LogP contribution in [0.5, 0.6) is 11.5 Å². The van der Waals surface area contributed by atoms with Gasteiger partial charge in [0.25, 0.3) is 0 Å². The molecule has 0 aromatic heterocycles. The molecule has 0 aliphatic rings. The summed E-state index contributed by atoms with van der Waals surface area (Å²) in [6.07, 6.45) is -0.598. The lowest BCUT2D eigenvalue weighted by Crippen LogP contribution is -2.35. The van der Waals surface area contributed by atoms with Crippen molar-refractivity contribution in [3.8, 4) is 11.5 Å². The Kier molecular flexibility index (Phi) is 6.34. The summed E-state index contributed by atoms with van der Waals surface area (Å²) in [6, 6.07) is 25.7. The molecule has 4 heteroatoms. The summed E-state index contributed by atoms with van der Waals surface area (Å²) >= 11 is 0. The summed E-state index contributed by atoms with van der Waals surface area (Å²) in [5, 5.41) is 9.96. The van der Waals surface area contributed by atoms with Crippen molar-refractivity contribution in [2.24, 2.45) is 0 Å². The Morgan fingerprint density at radius 1 is 0.714 bits per heavy atom. The molecule has 0 bridgehead atoms. The van der Waals surface area contributed by atoms with Crippen molar-refractivity contribution in [3.63, 3.8) is 0 Å². The smallest absolute Gasteiger partial charge is 0.143 e. The number of hydrogen-bond acceptors (Lipinski definition) is 4. The van der Waals surface area contributed by atoms with Gasteiger partial charge in [-0.05, 0) is 47.9 Å². The average molecular weight is 378 g/mol. The molecule has 0 heterocycles. The Hall–Kier alpha value is -2.82. The summed E-state index contributed by atoms with van der Waals surface area (Å²) < 4.78 is 17.1. The van der Waals surface area contributed by atoms with Crippen LogP contribution in [0.4, 0.5) is 0 Å². The first kappa shape index (κ1) is 19.9. The maximum atomic E-state index is 9.96. The predicted octanol–water partition coefficient (Wildman–Crippen LogP) is 4.39. The normalized spacial score (nSPS) is 12.4. The highest BCUT2D eigenvalue weighted by molar-refractivity contribution is 5.49. The maximum absolute atomic E-state index is 9.96. The molecular formula is C24H26O4. The van der Waals surface area contributed by atoms with E-state index in [1.807, 2.05) is 78.9 Å². The standard InChI is InChI=1S/C24H26O4/c1-18(25)17-28-24(19-7-5-4-6-8-19,20-9-13-22(26-2)14-10-20)21-11-15-23(27-3)16-12-21/h4-16,18,25H,17H2,1-3H3/t18-/m0/s1. The zero-order valence-corrected chi connectivity index (χ0v) is 16.5. The predicted molar refractivity (Wildman–Crippen MR) is 110 cm³/mol. The van der Waals surface area contributed by atoms with Crippen molar-refractivity contribution in [1.29, 1.82) is 0 Å². The van der Waals surface area contributed by atoms with Crippen LogP contribution in [0.3, 0.4) is 0 Å². The third-order valence-corrected chi connectivity index (χ3v) is 4.71. The summed E-state index contributed by atoms with van der Waals surface area (Å²) in [6.45, 7) is 1.91. The molecule has 3 aromatic rings. The quantitative estimate of drug-likeness (QED) is 0.591. The molecule has 0 spiro atoms. The van der Waals surface area contributed by atoms with E-state index in [1.165, 1.54) is 0 Å². The summed E-state index contributed by atoms with van der Waals surface area (Å²) in [4.78, 5) is 0. The van der Waals surface area contributed by atoms with Gasteiger partial charge in [-0.15, -0.1) is 0 Å². The molecule has 1 N–H and O–H groups in total. The maximum Gasteiger partial charge on any atom is 0.143 e. The largest absolute Gasteiger partial charge is 0.497 e. The topological polar surface area (TPSA) is 47.9 Å². The SMILES string of the molecule is COc1ccc(C(OC[C@H](C)O)(c2ccccc2)c2ccc(OC)cc2)cc1. The van der Waals surface area contributed by atoms with Gasteiger partial charge in [0.1, 0.15) is 17.1 Å². The molecule has 0 aliphatic heterocycles. The van der Waals surface area contributed by atoms with Crippen molar-refractivity contribution in [3.05, 3.63) is 95.6 Å². The zero-order chi connectivity index (χ0) is 20.0. The second-order valence-electron chi connectivity index (χ2n) is 6.66. The molecule has 3 rings (SSSR count). The van der Waals surface area contributed by atoms with E-state index < -0.39 is 11.7 Å². The van der Waals surface area contributed by atoms with Crippen LogP contribution in [0.25, 0.3) is 0 Å². The van der Waals surface area contributed by atoms with Crippen LogP contribution in [-0.2, 0) is 10.3 Å². The van der Waals surface area contributed by atoms with Crippen LogP contribution in [0, 0.1) is 0 Å². The molecule has 0 aliphatic carbocycles. The van der Waals surface area contributed by atoms with E-state index in [0.717, 1.165) is 28.2 Å². The lowest BCUT2D eigenvalue weighted by molar-refractivity contribution is -0.0325. The number of hydrogen-bond donors (Lipinski definition) is 1. The van der Waals surface area contributed by atoms with Gasteiger partial charge < -0.3 is 19.3 Å². The fourth-order valence-corrected chi connectivity index (χ4v) is 3.32. The fourth-order valence-electron chi connectivity index (χ4n) is 3.32. The molecular weight excluding hydrogens is 352 g/mol. The third-order valence-electron chi connectivity index (χ3n) is 4.71. The van der Waals surface area contributed by atoms with Crippen LogP contribution in [0.1, 0.15) is 23.6 Å². The second-order valence-corrected chi connectivity index (χ2v) is 6.66. The molecule has 146 valence electrons. The molecule has 0 radical (unpaired) electrons. The first-order chi connectivity index (χ1) is 13.6. The molecule has 0 unspecified atom stereocenters. The van der Waals surface area contributed by atoms with Gasteiger partial charge >= 0.3 is 0 Å². The second kappa shape index (κ2) is 8.91. The van der Waals surface area contributed by atoms with E-state index in [4.69, 9.17) is 14.2 Å². The van der Waals surface area contributed by atoms with Gasteiger partial charge in [-0.2, -0.15) is 0 Å². The minimum Gasteiger partial charge on any atom is -0.497 e. The molecule has 1 atom stereocenters. The molecule has 28 heavy (non-hydrogen) atoms. The Bertz CT molecular complexity index is 808. The van der Waals surface area contributed by atoms with E-state index in [9.17, 15) is 5.11 Å². The van der Waals surface area contributed by atoms with Crippen LogP contribution >= 0.6 is 0 Å². The lowest BCUT2D eigenvalue weighted by Gasteiger charge is -2.36. The lowest BCUT2D eigenvalue weighted by atomic mass is 9.80. The molecule has 0 fully saturated rings. The van der Waals surface area contributed by atoms with Crippen molar-refractivity contribution < 1.29 is 19.3 Å². The van der Waals surface area contributed by atoms with Gasteiger partial charge in [0.15, 0.2) is 0 Å². The first-order valence-corrected chi connectivity index (χ1v) is 9.26.